The molecular weight excluding hydrogens is 248 g/mol. The fraction of sp³-hybridized carbons (Fsp3) is 0. The molecule has 2 aromatic heterocycles. The van der Waals surface area contributed by atoms with Crippen LogP contribution in [0.25, 0.3) is 10.2 Å². The molecule has 0 saturated carbocycles. The first kappa shape index (κ1) is 10.9. The number of hydrogen-bond donors (Lipinski definition) is 2. The minimum absolute atomic E-state index is 0.478. The van der Waals surface area contributed by atoms with Crippen LogP contribution in [0.15, 0.2) is 42.0 Å². The van der Waals surface area contributed by atoms with Crippen molar-refractivity contribution in [2.45, 2.75) is 0 Å². The predicted octanol–water partition coefficient (Wildman–Crippen LogP) is 3.34. The van der Waals surface area contributed by atoms with E-state index in [4.69, 9.17) is 0 Å². The lowest BCUT2D eigenvalue weighted by molar-refractivity contribution is 1.31. The highest BCUT2D eigenvalue weighted by molar-refractivity contribution is 7.16. The molecule has 0 aliphatic carbocycles. The van der Waals surface area contributed by atoms with E-state index in [0.717, 1.165) is 15.9 Å². The van der Waals surface area contributed by atoms with Crippen LogP contribution in [-0.4, -0.2) is 9.97 Å². The highest BCUT2D eigenvalue weighted by Crippen LogP contribution is 2.24. The van der Waals surface area contributed by atoms with Crippen LogP contribution in [0.1, 0.15) is 0 Å². The zero-order chi connectivity index (χ0) is 12.4. The predicted molar refractivity (Wildman–Crippen MR) is 74.1 cm³/mol. The zero-order valence-electron chi connectivity index (χ0n) is 9.25. The first-order chi connectivity index (χ1) is 8.85. The summed E-state index contributed by atoms with van der Waals surface area (Å²) in [6.45, 7) is 0. The number of rotatable bonds is 3. The van der Waals surface area contributed by atoms with Crippen molar-refractivity contribution in [3.8, 4) is 0 Å². The average molecular weight is 257 g/mol. The number of anilines is 3. The van der Waals surface area contributed by atoms with E-state index in [9.17, 15) is 5.21 Å². The van der Waals surface area contributed by atoms with E-state index in [1.807, 2.05) is 29.2 Å². The topological polar surface area (TPSA) is 72.9 Å². The molecule has 6 heteroatoms. The Morgan fingerprint density at radius 1 is 1.06 bits per heavy atom. The molecule has 0 aliphatic heterocycles. The molecule has 0 unspecified atom stereocenters. The molecule has 0 spiro atoms. The molecule has 18 heavy (non-hydrogen) atoms. The molecule has 90 valence electrons. The summed E-state index contributed by atoms with van der Waals surface area (Å²) in [5, 5.41) is 13.7. The molecule has 0 radical (unpaired) electrons. The Morgan fingerprint density at radius 3 is 2.89 bits per heavy atom. The van der Waals surface area contributed by atoms with Crippen molar-refractivity contribution in [2.75, 3.05) is 10.8 Å². The van der Waals surface area contributed by atoms with Gasteiger partial charge in [-0.2, -0.15) is 0 Å². The average Bonchev–Trinajstić information content (AvgIpc) is 2.86. The number of aromatic nitrogens is 2. The van der Waals surface area contributed by atoms with E-state index < -0.39 is 0 Å². The number of nitrogens with zero attached hydrogens (tertiary/aromatic N) is 2. The van der Waals surface area contributed by atoms with Crippen molar-refractivity contribution in [2.24, 2.45) is 0 Å². The van der Waals surface area contributed by atoms with Crippen LogP contribution in [0, 0.1) is 5.21 Å². The molecule has 0 saturated heterocycles. The van der Waals surface area contributed by atoms with Crippen LogP contribution in [0.5, 0.6) is 0 Å². The van der Waals surface area contributed by atoms with E-state index in [0.29, 0.717) is 11.5 Å². The van der Waals surface area contributed by atoms with E-state index in [1.165, 1.54) is 0 Å². The first-order valence-corrected chi connectivity index (χ1v) is 6.17. The van der Waals surface area contributed by atoms with Gasteiger partial charge in [-0.3, -0.25) is 0 Å². The summed E-state index contributed by atoms with van der Waals surface area (Å²) in [6.07, 6.45) is 1.58. The molecule has 0 fully saturated rings. The van der Waals surface area contributed by atoms with Crippen LogP contribution in [0.2, 0.25) is 0 Å². The third-order valence-corrected chi connectivity index (χ3v) is 3.27. The summed E-state index contributed by atoms with van der Waals surface area (Å²) >= 11 is 1.59. The normalized spacial score (nSPS) is 10.5. The Kier molecular flexibility index (Phi) is 2.79. The van der Waals surface area contributed by atoms with Gasteiger partial charge in [0.2, 0.25) is 0 Å². The Hall–Kier alpha value is -2.18. The second-order valence-corrected chi connectivity index (χ2v) is 4.58. The van der Waals surface area contributed by atoms with E-state index >= 15 is 0 Å². The van der Waals surface area contributed by atoms with Crippen LogP contribution in [0.4, 0.5) is 17.2 Å². The fourth-order valence-corrected chi connectivity index (χ4v) is 2.36. The largest absolute Gasteiger partial charge is 0.761 e. The summed E-state index contributed by atoms with van der Waals surface area (Å²) in [4.78, 5) is 8.37. The van der Waals surface area contributed by atoms with Crippen LogP contribution in [0.3, 0.4) is 0 Å². The monoisotopic (exact) mass is 257 g/mol. The molecule has 0 atom stereocenters. The molecule has 2 N–H and O–H groups in total. The van der Waals surface area contributed by atoms with Crippen molar-refractivity contribution >= 4 is 38.7 Å². The number of hydrogen-bond acceptors (Lipinski definition) is 6. The summed E-state index contributed by atoms with van der Waals surface area (Å²) in [5.41, 5.74) is 6.03. The van der Waals surface area contributed by atoms with Gasteiger partial charge in [0.1, 0.15) is 5.82 Å². The standard InChI is InChI=1S/C12H9N4OS/c17-16-9-3-4-13-12(6-9)15-8-1-2-10-11(5-8)18-7-14-10/h1-7H,(H2-,13,15,16,17)/q-1. The van der Waals surface area contributed by atoms with E-state index in [1.54, 1.807) is 29.7 Å². The Labute approximate surface area is 107 Å². The highest BCUT2D eigenvalue weighted by Gasteiger charge is 2.00. The Balaban J connectivity index is 1.90. The zero-order valence-corrected chi connectivity index (χ0v) is 10.1. The van der Waals surface area contributed by atoms with Crippen LogP contribution in [-0.2, 0) is 0 Å². The molecule has 0 aliphatic rings. The minimum atomic E-state index is 0.478. The molecule has 3 aromatic rings. The second kappa shape index (κ2) is 4.59. The number of nitrogens with one attached hydrogen (secondary N) is 2. The minimum Gasteiger partial charge on any atom is -0.761 e. The third-order valence-electron chi connectivity index (χ3n) is 2.48. The summed E-state index contributed by atoms with van der Waals surface area (Å²) < 4.78 is 1.11. The molecule has 2 heterocycles. The van der Waals surface area contributed by atoms with Gasteiger partial charge in [-0.15, -0.1) is 11.3 Å². The smallest absolute Gasteiger partial charge is 0.132 e. The number of benzene rings is 1. The Morgan fingerprint density at radius 2 is 2.00 bits per heavy atom. The summed E-state index contributed by atoms with van der Waals surface area (Å²) in [7, 11) is 0. The van der Waals surface area contributed by atoms with Gasteiger partial charge in [-0.1, -0.05) is 0 Å². The summed E-state index contributed by atoms with van der Waals surface area (Å²) in [6, 6.07) is 9.16. The number of fused-ring (bicyclic) bond motifs is 1. The summed E-state index contributed by atoms with van der Waals surface area (Å²) in [5.74, 6) is 0.625. The van der Waals surface area contributed by atoms with Crippen molar-refractivity contribution in [1.29, 1.82) is 0 Å². The SMILES string of the molecule is [O-]Nc1ccnc(Nc2ccc3ncsc3c2)c1. The number of pyridine rings is 1. The lowest BCUT2D eigenvalue weighted by atomic mass is 10.3. The molecule has 1 aromatic carbocycles. The maximum Gasteiger partial charge on any atom is 0.132 e. The van der Waals surface area contributed by atoms with Gasteiger partial charge in [-0.25, -0.2) is 9.97 Å². The third kappa shape index (κ3) is 2.11. The maximum atomic E-state index is 10.6. The maximum absolute atomic E-state index is 10.6. The second-order valence-electron chi connectivity index (χ2n) is 3.69. The molecule has 0 amide bonds. The lowest BCUT2D eigenvalue weighted by Gasteiger charge is -2.11. The highest BCUT2D eigenvalue weighted by atomic mass is 32.1. The van der Waals surface area contributed by atoms with Crippen LogP contribution < -0.4 is 10.8 Å². The van der Waals surface area contributed by atoms with Gasteiger partial charge < -0.3 is 16.0 Å². The van der Waals surface area contributed by atoms with Gasteiger partial charge in [0.15, 0.2) is 0 Å². The molecule has 3 rings (SSSR count). The van der Waals surface area contributed by atoms with E-state index in [2.05, 4.69) is 15.3 Å². The van der Waals surface area contributed by atoms with Crippen molar-refractivity contribution < 1.29 is 0 Å². The van der Waals surface area contributed by atoms with E-state index in [-0.39, 0.29) is 0 Å². The van der Waals surface area contributed by atoms with Gasteiger partial charge in [0.25, 0.3) is 0 Å². The van der Waals surface area contributed by atoms with Crippen molar-refractivity contribution in [1.82, 2.24) is 9.97 Å². The molecule has 5 nitrogen and oxygen atoms in total. The Bertz CT molecular complexity index is 682. The lowest BCUT2D eigenvalue weighted by Crippen LogP contribution is -1.94. The quantitative estimate of drug-likeness (QED) is 0.704. The fourth-order valence-electron chi connectivity index (χ4n) is 1.64. The van der Waals surface area contributed by atoms with Gasteiger partial charge in [-0.05, 0) is 24.3 Å². The van der Waals surface area contributed by atoms with Crippen molar-refractivity contribution in [3.63, 3.8) is 0 Å². The first-order valence-electron chi connectivity index (χ1n) is 5.29. The van der Waals surface area contributed by atoms with Crippen LogP contribution >= 0.6 is 11.3 Å². The number of thiazole rings is 1. The van der Waals surface area contributed by atoms with Crippen molar-refractivity contribution in [3.05, 3.63) is 47.2 Å². The molecular formula is C12H9N4OS-. The van der Waals surface area contributed by atoms with Gasteiger partial charge in [0.05, 0.1) is 15.7 Å². The van der Waals surface area contributed by atoms with Gasteiger partial charge >= 0.3 is 0 Å². The van der Waals surface area contributed by atoms with Gasteiger partial charge in [0, 0.05) is 23.6 Å². The molecule has 0 bridgehead atoms.